The molecule has 2 atom stereocenters. The summed E-state index contributed by atoms with van der Waals surface area (Å²) in [5.41, 5.74) is 3.75. The molecule has 3 rings (SSSR count). The molecule has 0 bridgehead atoms. The Labute approximate surface area is 180 Å². The molecule has 9 nitrogen and oxygen atoms in total. The van der Waals surface area contributed by atoms with Gasteiger partial charge in [0.1, 0.15) is 6.54 Å². The molecule has 1 heterocycles. The van der Waals surface area contributed by atoms with E-state index in [2.05, 4.69) is 20.8 Å². The van der Waals surface area contributed by atoms with Crippen LogP contribution >= 0.6 is 0 Å². The van der Waals surface area contributed by atoms with Gasteiger partial charge in [-0.3, -0.25) is 14.9 Å². The van der Waals surface area contributed by atoms with Gasteiger partial charge in [0.2, 0.25) is 0 Å². The summed E-state index contributed by atoms with van der Waals surface area (Å²) < 4.78 is 6.11. The number of aryl methyl sites for hydroxylation is 2. The second kappa shape index (κ2) is 9.94. The molecule has 2 unspecified atom stereocenters. The molecule has 0 saturated carbocycles. The number of aromatic nitrogens is 4. The first-order valence-electron chi connectivity index (χ1n) is 9.81. The van der Waals surface area contributed by atoms with E-state index in [0.29, 0.717) is 5.82 Å². The van der Waals surface area contributed by atoms with Crippen LogP contribution in [-0.4, -0.2) is 44.4 Å². The number of nitrogens with zero attached hydrogens (tertiary/aromatic N) is 4. The van der Waals surface area contributed by atoms with Crippen LogP contribution in [0.2, 0.25) is 0 Å². The third-order valence-electron chi connectivity index (χ3n) is 4.89. The molecule has 9 heteroatoms. The molecule has 162 valence electrons. The molecule has 2 aromatic carbocycles. The first-order valence-corrected chi connectivity index (χ1v) is 9.81. The van der Waals surface area contributed by atoms with Crippen LogP contribution in [0.5, 0.6) is 0 Å². The average molecular weight is 423 g/mol. The third-order valence-corrected chi connectivity index (χ3v) is 4.89. The average Bonchev–Trinajstić information content (AvgIpc) is 3.18. The Bertz CT molecular complexity index is 1070. The molecule has 0 radical (unpaired) electrons. The van der Waals surface area contributed by atoms with Gasteiger partial charge in [0.15, 0.2) is 5.82 Å². The fourth-order valence-corrected chi connectivity index (χ4v) is 3.42. The molecule has 0 saturated heterocycles. The monoisotopic (exact) mass is 423 g/mol. The molecule has 0 fully saturated rings. The second-order valence-electron chi connectivity index (χ2n) is 7.35. The summed E-state index contributed by atoms with van der Waals surface area (Å²) in [6.45, 7) is 3.76. The summed E-state index contributed by atoms with van der Waals surface area (Å²) in [5, 5.41) is 24.7. The maximum absolute atomic E-state index is 11.8. The lowest BCUT2D eigenvalue weighted by atomic mass is 9.97. The Hall–Kier alpha value is -3.59. The number of esters is 1. The van der Waals surface area contributed by atoms with Crippen LogP contribution in [0.1, 0.15) is 46.6 Å². The SMILES string of the molecule is COC(=O)Cn1nnnc1C(NC(CC(=O)O)c1cccc(C)c1)c1cccc(C)c1. The maximum Gasteiger partial charge on any atom is 0.327 e. The topological polar surface area (TPSA) is 119 Å². The number of tetrazole rings is 1. The summed E-state index contributed by atoms with van der Waals surface area (Å²) in [7, 11) is 1.29. The highest BCUT2D eigenvalue weighted by Gasteiger charge is 2.27. The summed E-state index contributed by atoms with van der Waals surface area (Å²) in [4.78, 5) is 23.5. The number of hydrogen-bond acceptors (Lipinski definition) is 7. The van der Waals surface area contributed by atoms with Gasteiger partial charge in [0, 0.05) is 6.04 Å². The Balaban J connectivity index is 2.05. The van der Waals surface area contributed by atoms with Crippen molar-refractivity contribution in [3.05, 3.63) is 76.6 Å². The summed E-state index contributed by atoms with van der Waals surface area (Å²) in [6.07, 6.45) is -0.135. The van der Waals surface area contributed by atoms with E-state index in [0.717, 1.165) is 22.3 Å². The van der Waals surface area contributed by atoms with Crippen LogP contribution in [0.15, 0.2) is 48.5 Å². The van der Waals surface area contributed by atoms with Crippen molar-refractivity contribution in [1.29, 1.82) is 0 Å². The van der Waals surface area contributed by atoms with Crippen LogP contribution in [0.4, 0.5) is 0 Å². The molecule has 0 aliphatic carbocycles. The molecular formula is C22H25N5O4. The van der Waals surface area contributed by atoms with Gasteiger partial charge < -0.3 is 9.84 Å². The van der Waals surface area contributed by atoms with E-state index in [4.69, 9.17) is 4.74 Å². The molecular weight excluding hydrogens is 398 g/mol. The fourth-order valence-electron chi connectivity index (χ4n) is 3.42. The van der Waals surface area contributed by atoms with Crippen molar-refractivity contribution in [2.75, 3.05) is 7.11 Å². The minimum absolute atomic E-state index is 0.135. The zero-order chi connectivity index (χ0) is 22.4. The van der Waals surface area contributed by atoms with Crippen molar-refractivity contribution < 1.29 is 19.4 Å². The zero-order valence-corrected chi connectivity index (χ0v) is 17.6. The number of rotatable bonds is 9. The van der Waals surface area contributed by atoms with Crippen molar-refractivity contribution in [3.8, 4) is 0 Å². The molecule has 31 heavy (non-hydrogen) atoms. The zero-order valence-electron chi connectivity index (χ0n) is 17.6. The van der Waals surface area contributed by atoms with Gasteiger partial charge in [-0.25, -0.2) is 4.68 Å². The van der Waals surface area contributed by atoms with E-state index in [1.165, 1.54) is 11.8 Å². The summed E-state index contributed by atoms with van der Waals surface area (Å²) in [5.74, 6) is -1.03. The van der Waals surface area contributed by atoms with Crippen LogP contribution in [-0.2, 0) is 20.9 Å². The second-order valence-corrected chi connectivity index (χ2v) is 7.35. The van der Waals surface area contributed by atoms with Crippen LogP contribution in [0.3, 0.4) is 0 Å². The lowest BCUT2D eigenvalue weighted by Crippen LogP contribution is -2.32. The van der Waals surface area contributed by atoms with Crippen molar-refractivity contribution in [2.24, 2.45) is 0 Å². The number of nitrogens with one attached hydrogen (secondary N) is 1. The molecule has 0 amide bonds. The molecule has 1 aromatic heterocycles. The molecule has 3 aromatic rings. The Morgan fingerprint density at radius 2 is 1.74 bits per heavy atom. The van der Waals surface area contributed by atoms with E-state index in [9.17, 15) is 14.7 Å². The predicted molar refractivity (Wildman–Crippen MR) is 112 cm³/mol. The van der Waals surface area contributed by atoms with E-state index in [1.807, 2.05) is 62.4 Å². The van der Waals surface area contributed by atoms with Gasteiger partial charge >= 0.3 is 11.9 Å². The number of carboxylic acids is 1. The standard InChI is InChI=1S/C22H25N5O4/c1-14-6-4-8-16(10-14)18(12-19(28)29)23-21(17-9-5-7-15(2)11-17)22-24-25-26-27(22)13-20(30)31-3/h4-11,18,21,23H,12-13H2,1-3H3,(H,28,29). The van der Waals surface area contributed by atoms with Crippen molar-refractivity contribution in [1.82, 2.24) is 25.5 Å². The van der Waals surface area contributed by atoms with E-state index in [-0.39, 0.29) is 13.0 Å². The van der Waals surface area contributed by atoms with Gasteiger partial charge in [-0.15, -0.1) is 5.10 Å². The van der Waals surface area contributed by atoms with Gasteiger partial charge in [-0.05, 0) is 35.4 Å². The molecule has 0 spiro atoms. The summed E-state index contributed by atoms with van der Waals surface area (Å²) in [6, 6.07) is 14.4. The third kappa shape index (κ3) is 5.73. The number of benzene rings is 2. The Morgan fingerprint density at radius 1 is 1.10 bits per heavy atom. The quantitative estimate of drug-likeness (QED) is 0.504. The highest BCUT2D eigenvalue weighted by Crippen LogP contribution is 2.27. The van der Waals surface area contributed by atoms with Gasteiger partial charge in [-0.2, -0.15) is 0 Å². The number of ether oxygens (including phenoxy) is 1. The molecule has 0 aliphatic rings. The lowest BCUT2D eigenvalue weighted by Gasteiger charge is -2.25. The number of carbonyl (C=O) groups excluding carboxylic acids is 1. The lowest BCUT2D eigenvalue weighted by molar-refractivity contribution is -0.141. The summed E-state index contributed by atoms with van der Waals surface area (Å²) >= 11 is 0. The van der Waals surface area contributed by atoms with Crippen molar-refractivity contribution in [2.45, 2.75) is 38.9 Å². The first-order chi connectivity index (χ1) is 14.9. The minimum atomic E-state index is -0.934. The van der Waals surface area contributed by atoms with Gasteiger partial charge in [0.05, 0.1) is 19.6 Å². The Morgan fingerprint density at radius 3 is 2.35 bits per heavy atom. The predicted octanol–water partition coefficient (Wildman–Crippen LogP) is 2.36. The highest BCUT2D eigenvalue weighted by atomic mass is 16.5. The number of carboxylic acid groups (broad SMARTS) is 1. The van der Waals surface area contributed by atoms with Crippen LogP contribution in [0, 0.1) is 13.8 Å². The van der Waals surface area contributed by atoms with Crippen LogP contribution in [0.25, 0.3) is 0 Å². The Kier molecular flexibility index (Phi) is 7.09. The normalized spacial score (nSPS) is 12.9. The molecule has 2 N–H and O–H groups in total. The van der Waals surface area contributed by atoms with Crippen molar-refractivity contribution >= 4 is 11.9 Å². The fraction of sp³-hybridized carbons (Fsp3) is 0.318. The van der Waals surface area contributed by atoms with Gasteiger partial charge in [-0.1, -0.05) is 59.7 Å². The van der Waals surface area contributed by atoms with Crippen molar-refractivity contribution in [3.63, 3.8) is 0 Å². The number of hydrogen-bond donors (Lipinski definition) is 2. The first kappa shape index (κ1) is 22.1. The smallest absolute Gasteiger partial charge is 0.327 e. The molecule has 0 aliphatic heterocycles. The minimum Gasteiger partial charge on any atom is -0.481 e. The van der Waals surface area contributed by atoms with E-state index < -0.39 is 24.0 Å². The van der Waals surface area contributed by atoms with Gasteiger partial charge in [0.25, 0.3) is 0 Å². The number of carbonyl (C=O) groups is 2. The van der Waals surface area contributed by atoms with Crippen LogP contribution < -0.4 is 5.32 Å². The maximum atomic E-state index is 11.8. The highest BCUT2D eigenvalue weighted by molar-refractivity contribution is 5.69. The largest absolute Gasteiger partial charge is 0.481 e. The van der Waals surface area contributed by atoms with E-state index in [1.54, 1.807) is 0 Å². The number of methoxy groups -OCH3 is 1. The number of aliphatic carboxylic acids is 1. The van der Waals surface area contributed by atoms with E-state index >= 15 is 0 Å².